The van der Waals surface area contributed by atoms with Crippen molar-refractivity contribution in [3.8, 4) is 5.75 Å². The van der Waals surface area contributed by atoms with Crippen LogP contribution in [0.2, 0.25) is 0 Å². The zero-order valence-electron chi connectivity index (χ0n) is 16.9. The number of aryl methyl sites for hydroxylation is 1. The molecule has 0 bridgehead atoms. The third-order valence-corrected chi connectivity index (χ3v) is 5.46. The first-order valence-corrected chi connectivity index (χ1v) is 9.77. The van der Waals surface area contributed by atoms with Gasteiger partial charge in [0.1, 0.15) is 5.75 Å². The Labute approximate surface area is 162 Å². The lowest BCUT2D eigenvalue weighted by molar-refractivity contribution is -0.133. The Hall–Kier alpha value is -2.49. The highest BCUT2D eigenvalue weighted by Crippen LogP contribution is 2.24. The van der Waals surface area contributed by atoms with E-state index in [1.807, 2.05) is 17.0 Å². The van der Waals surface area contributed by atoms with E-state index in [1.54, 1.807) is 0 Å². The van der Waals surface area contributed by atoms with Crippen molar-refractivity contribution < 1.29 is 9.53 Å². The second kappa shape index (κ2) is 8.47. The number of rotatable bonds is 5. The van der Waals surface area contributed by atoms with E-state index >= 15 is 0 Å². The van der Waals surface area contributed by atoms with Gasteiger partial charge in [0.15, 0.2) is 6.61 Å². The number of ether oxygens (including phenoxy) is 1. The van der Waals surface area contributed by atoms with Gasteiger partial charge in [0.25, 0.3) is 5.91 Å². The summed E-state index contributed by atoms with van der Waals surface area (Å²) in [5.74, 6) is 1.30. The van der Waals surface area contributed by atoms with E-state index in [-0.39, 0.29) is 12.5 Å². The summed E-state index contributed by atoms with van der Waals surface area (Å²) >= 11 is 0. The summed E-state index contributed by atoms with van der Waals surface area (Å²) < 4.78 is 5.70. The summed E-state index contributed by atoms with van der Waals surface area (Å²) in [5.41, 5.74) is 5.19. The minimum absolute atomic E-state index is 0.0588. The van der Waals surface area contributed by atoms with Gasteiger partial charge < -0.3 is 14.5 Å². The van der Waals surface area contributed by atoms with Crippen LogP contribution in [0.25, 0.3) is 0 Å². The second-order valence-electron chi connectivity index (χ2n) is 7.60. The zero-order chi connectivity index (χ0) is 19.4. The van der Waals surface area contributed by atoms with Crippen LogP contribution in [0.4, 0.5) is 5.69 Å². The third-order valence-electron chi connectivity index (χ3n) is 5.46. The van der Waals surface area contributed by atoms with Gasteiger partial charge >= 0.3 is 0 Å². The molecule has 1 saturated heterocycles. The normalized spacial score (nSPS) is 14.6. The number of piperazine rings is 1. The lowest BCUT2D eigenvalue weighted by atomic mass is 10.0. The van der Waals surface area contributed by atoms with Crippen LogP contribution >= 0.6 is 0 Å². The van der Waals surface area contributed by atoms with E-state index in [4.69, 9.17) is 4.74 Å². The molecule has 0 unspecified atom stereocenters. The molecule has 1 aliphatic rings. The minimum atomic E-state index is 0.0588. The van der Waals surface area contributed by atoms with Crippen molar-refractivity contribution >= 4 is 11.6 Å². The van der Waals surface area contributed by atoms with Gasteiger partial charge in [-0.2, -0.15) is 0 Å². The number of anilines is 1. The van der Waals surface area contributed by atoms with Crippen molar-refractivity contribution in [2.75, 3.05) is 37.7 Å². The quantitative estimate of drug-likeness (QED) is 0.797. The molecule has 1 amide bonds. The predicted molar refractivity (Wildman–Crippen MR) is 111 cm³/mol. The van der Waals surface area contributed by atoms with Crippen LogP contribution in [0.5, 0.6) is 5.75 Å². The molecular weight excluding hydrogens is 336 g/mol. The van der Waals surface area contributed by atoms with E-state index in [2.05, 4.69) is 62.9 Å². The average Bonchev–Trinajstić information content (AvgIpc) is 2.68. The van der Waals surface area contributed by atoms with Gasteiger partial charge in [-0.1, -0.05) is 38.1 Å². The van der Waals surface area contributed by atoms with E-state index in [0.29, 0.717) is 5.92 Å². The van der Waals surface area contributed by atoms with E-state index < -0.39 is 0 Å². The molecule has 1 aliphatic heterocycles. The van der Waals surface area contributed by atoms with Gasteiger partial charge in [-0.15, -0.1) is 0 Å². The Morgan fingerprint density at radius 1 is 1.00 bits per heavy atom. The largest absolute Gasteiger partial charge is 0.484 e. The molecule has 4 nitrogen and oxygen atoms in total. The van der Waals surface area contributed by atoms with Crippen molar-refractivity contribution in [1.29, 1.82) is 0 Å². The van der Waals surface area contributed by atoms with Crippen LogP contribution < -0.4 is 9.64 Å². The molecule has 27 heavy (non-hydrogen) atoms. The third kappa shape index (κ3) is 4.62. The number of amides is 1. The van der Waals surface area contributed by atoms with Crippen LogP contribution in [0, 0.1) is 13.8 Å². The van der Waals surface area contributed by atoms with Crippen molar-refractivity contribution in [2.45, 2.75) is 33.6 Å². The van der Waals surface area contributed by atoms with Gasteiger partial charge in [-0.25, -0.2) is 0 Å². The molecular formula is C23H30N2O2. The number of benzene rings is 2. The highest BCUT2D eigenvalue weighted by Gasteiger charge is 2.22. The molecule has 0 saturated carbocycles. The average molecular weight is 367 g/mol. The molecule has 144 valence electrons. The SMILES string of the molecule is Cc1cccc(N2CCN(C(=O)COc3ccc(C(C)C)cc3)CC2)c1C. The van der Waals surface area contributed by atoms with Crippen molar-refractivity contribution in [1.82, 2.24) is 4.90 Å². The number of hydrogen-bond donors (Lipinski definition) is 0. The molecule has 1 fully saturated rings. The molecule has 0 N–H and O–H groups in total. The van der Waals surface area contributed by atoms with Gasteiger partial charge in [-0.05, 0) is 54.7 Å². The highest BCUT2D eigenvalue weighted by molar-refractivity contribution is 5.78. The fraction of sp³-hybridized carbons (Fsp3) is 0.435. The Morgan fingerprint density at radius 3 is 2.30 bits per heavy atom. The Morgan fingerprint density at radius 2 is 1.67 bits per heavy atom. The maximum atomic E-state index is 12.5. The minimum Gasteiger partial charge on any atom is -0.484 e. The zero-order valence-corrected chi connectivity index (χ0v) is 16.9. The Kier molecular flexibility index (Phi) is 6.04. The lowest BCUT2D eigenvalue weighted by Gasteiger charge is -2.37. The monoisotopic (exact) mass is 366 g/mol. The molecule has 0 aliphatic carbocycles. The van der Waals surface area contributed by atoms with Crippen molar-refractivity contribution in [2.24, 2.45) is 0 Å². The van der Waals surface area contributed by atoms with Crippen LogP contribution in [0.15, 0.2) is 42.5 Å². The fourth-order valence-electron chi connectivity index (χ4n) is 3.46. The van der Waals surface area contributed by atoms with Gasteiger partial charge in [0, 0.05) is 31.9 Å². The highest BCUT2D eigenvalue weighted by atomic mass is 16.5. The maximum Gasteiger partial charge on any atom is 0.260 e. The Bertz CT molecular complexity index is 775. The van der Waals surface area contributed by atoms with Crippen molar-refractivity contribution in [3.63, 3.8) is 0 Å². The van der Waals surface area contributed by atoms with Gasteiger partial charge in [0.2, 0.25) is 0 Å². The first-order chi connectivity index (χ1) is 13.0. The van der Waals surface area contributed by atoms with E-state index in [9.17, 15) is 4.79 Å². The smallest absolute Gasteiger partial charge is 0.260 e. The molecule has 3 rings (SSSR count). The first kappa shape index (κ1) is 19.3. The molecule has 4 heteroatoms. The van der Waals surface area contributed by atoms with E-state index in [0.717, 1.165) is 31.9 Å². The molecule has 0 aromatic heterocycles. The number of carbonyl (C=O) groups excluding carboxylic acids is 1. The van der Waals surface area contributed by atoms with Crippen LogP contribution in [0.1, 0.15) is 36.5 Å². The van der Waals surface area contributed by atoms with Crippen LogP contribution in [0.3, 0.4) is 0 Å². The number of nitrogens with zero attached hydrogens (tertiary/aromatic N) is 2. The Balaban J connectivity index is 1.50. The maximum absolute atomic E-state index is 12.5. The molecule has 2 aromatic carbocycles. The summed E-state index contributed by atoms with van der Waals surface area (Å²) in [6.45, 7) is 11.9. The topological polar surface area (TPSA) is 32.8 Å². The van der Waals surface area contributed by atoms with Crippen LogP contribution in [-0.2, 0) is 4.79 Å². The van der Waals surface area contributed by atoms with E-state index in [1.165, 1.54) is 22.4 Å². The van der Waals surface area contributed by atoms with Gasteiger partial charge in [-0.3, -0.25) is 4.79 Å². The standard InChI is InChI=1S/C23H30N2O2/c1-17(2)20-8-10-21(11-9-20)27-16-23(26)25-14-12-24(13-15-25)22-7-5-6-18(3)19(22)4/h5-11,17H,12-16H2,1-4H3. The molecule has 0 spiro atoms. The number of carbonyl (C=O) groups is 1. The summed E-state index contributed by atoms with van der Waals surface area (Å²) in [5, 5.41) is 0. The first-order valence-electron chi connectivity index (χ1n) is 9.77. The summed E-state index contributed by atoms with van der Waals surface area (Å²) in [6.07, 6.45) is 0. The second-order valence-corrected chi connectivity index (χ2v) is 7.60. The molecule has 2 aromatic rings. The molecule has 0 radical (unpaired) electrons. The van der Waals surface area contributed by atoms with Gasteiger partial charge in [0.05, 0.1) is 0 Å². The van der Waals surface area contributed by atoms with Crippen LogP contribution in [-0.4, -0.2) is 43.6 Å². The lowest BCUT2D eigenvalue weighted by Crippen LogP contribution is -2.50. The summed E-state index contributed by atoms with van der Waals surface area (Å²) in [4.78, 5) is 16.8. The predicted octanol–water partition coefficient (Wildman–Crippen LogP) is 4.15. The summed E-state index contributed by atoms with van der Waals surface area (Å²) in [6, 6.07) is 14.4. The molecule has 1 heterocycles. The summed E-state index contributed by atoms with van der Waals surface area (Å²) in [7, 11) is 0. The molecule has 0 atom stereocenters. The number of hydrogen-bond acceptors (Lipinski definition) is 3. The van der Waals surface area contributed by atoms with Crippen molar-refractivity contribution in [3.05, 3.63) is 59.2 Å². The fourth-order valence-corrected chi connectivity index (χ4v) is 3.46.